The monoisotopic (exact) mass is 314 g/mol. The predicted octanol–water partition coefficient (Wildman–Crippen LogP) is 3.91. The lowest BCUT2D eigenvalue weighted by molar-refractivity contribution is 0.0515. The van der Waals surface area contributed by atoms with Crippen molar-refractivity contribution in [3.05, 3.63) is 65.1 Å². The van der Waals surface area contributed by atoms with E-state index < -0.39 is 0 Å². The maximum atomic E-state index is 12.2. The molecule has 1 aromatic carbocycles. The largest absolute Gasteiger partial charge is 0.461 e. The number of rotatable bonds is 4. The van der Waals surface area contributed by atoms with Crippen LogP contribution < -0.4 is 0 Å². The third-order valence-electron chi connectivity index (χ3n) is 3.45. The molecule has 0 amide bonds. The van der Waals surface area contributed by atoms with E-state index in [-0.39, 0.29) is 5.97 Å². The number of ether oxygens (including phenoxy) is 1. The molecule has 0 radical (unpaired) electrons. The van der Waals surface area contributed by atoms with Crippen molar-refractivity contribution >= 4 is 28.5 Å². The fourth-order valence-electron chi connectivity index (χ4n) is 2.42. The fraction of sp³-hybridized carbons (Fsp3) is 0.176. The summed E-state index contributed by atoms with van der Waals surface area (Å²) in [6.07, 6.45) is 3.47. The summed E-state index contributed by atoms with van der Waals surface area (Å²) in [4.78, 5) is 16.3. The highest BCUT2D eigenvalue weighted by atomic mass is 35.5. The standard InChI is InChI=1S/C17H15ClN2O2/c1-2-22-17(21)15-9-13-7-8-19-10-16(13)20(15)11-12-3-5-14(18)6-4-12/h3-10H,2,11H2,1H3. The van der Waals surface area contributed by atoms with Gasteiger partial charge in [-0.05, 0) is 36.8 Å². The van der Waals surface area contributed by atoms with Gasteiger partial charge < -0.3 is 9.30 Å². The van der Waals surface area contributed by atoms with Gasteiger partial charge in [0.2, 0.25) is 0 Å². The number of halogens is 1. The van der Waals surface area contributed by atoms with Gasteiger partial charge in [-0.25, -0.2) is 4.79 Å². The van der Waals surface area contributed by atoms with Crippen LogP contribution in [-0.2, 0) is 11.3 Å². The van der Waals surface area contributed by atoms with E-state index in [1.807, 2.05) is 41.0 Å². The summed E-state index contributed by atoms with van der Waals surface area (Å²) in [6, 6.07) is 11.3. The number of hydrogen-bond acceptors (Lipinski definition) is 3. The average Bonchev–Trinajstić information content (AvgIpc) is 2.89. The van der Waals surface area contributed by atoms with Crippen molar-refractivity contribution in [3.8, 4) is 0 Å². The molecule has 0 unspecified atom stereocenters. The van der Waals surface area contributed by atoms with Crippen LogP contribution in [0.25, 0.3) is 10.9 Å². The van der Waals surface area contributed by atoms with Crippen molar-refractivity contribution < 1.29 is 9.53 Å². The van der Waals surface area contributed by atoms with Crippen molar-refractivity contribution in [2.24, 2.45) is 0 Å². The highest BCUT2D eigenvalue weighted by Crippen LogP contribution is 2.22. The van der Waals surface area contributed by atoms with Crippen LogP contribution in [-0.4, -0.2) is 22.1 Å². The SMILES string of the molecule is CCOC(=O)c1cc2ccncc2n1Cc1ccc(Cl)cc1. The number of carbonyl (C=O) groups is 1. The molecule has 5 heteroatoms. The van der Waals surface area contributed by atoms with E-state index in [2.05, 4.69) is 4.98 Å². The van der Waals surface area contributed by atoms with Crippen molar-refractivity contribution in [2.45, 2.75) is 13.5 Å². The second-order valence-corrected chi connectivity index (χ2v) is 5.33. The van der Waals surface area contributed by atoms with Gasteiger partial charge in [-0.15, -0.1) is 0 Å². The van der Waals surface area contributed by atoms with Gasteiger partial charge in [0.15, 0.2) is 0 Å². The first-order valence-electron chi connectivity index (χ1n) is 7.04. The molecule has 4 nitrogen and oxygen atoms in total. The molecular weight excluding hydrogens is 300 g/mol. The molecule has 0 aliphatic carbocycles. The number of esters is 1. The first kappa shape index (κ1) is 14.6. The molecule has 0 bridgehead atoms. The second kappa shape index (κ2) is 6.20. The topological polar surface area (TPSA) is 44.1 Å². The molecule has 0 N–H and O–H groups in total. The molecule has 0 aliphatic heterocycles. The Morgan fingerprint density at radius 2 is 2.05 bits per heavy atom. The van der Waals surface area contributed by atoms with Gasteiger partial charge in [0.25, 0.3) is 0 Å². The summed E-state index contributed by atoms with van der Waals surface area (Å²) < 4.78 is 7.07. The molecule has 2 aromatic heterocycles. The van der Waals surface area contributed by atoms with E-state index in [1.54, 1.807) is 19.3 Å². The van der Waals surface area contributed by atoms with Crippen LogP contribution >= 0.6 is 11.6 Å². The molecule has 0 aliphatic rings. The van der Waals surface area contributed by atoms with Gasteiger partial charge in [-0.1, -0.05) is 23.7 Å². The highest BCUT2D eigenvalue weighted by Gasteiger charge is 2.16. The Kier molecular flexibility index (Phi) is 4.11. The summed E-state index contributed by atoms with van der Waals surface area (Å²) >= 11 is 5.92. The minimum absolute atomic E-state index is 0.326. The van der Waals surface area contributed by atoms with Gasteiger partial charge in [0.1, 0.15) is 5.69 Å². The van der Waals surface area contributed by atoms with Crippen LogP contribution in [0.1, 0.15) is 23.0 Å². The zero-order valence-electron chi connectivity index (χ0n) is 12.1. The summed E-state index contributed by atoms with van der Waals surface area (Å²) in [5.74, 6) is -0.326. The summed E-state index contributed by atoms with van der Waals surface area (Å²) in [7, 11) is 0. The van der Waals surface area contributed by atoms with E-state index in [1.165, 1.54) is 0 Å². The van der Waals surface area contributed by atoms with Gasteiger partial charge in [0.05, 0.1) is 18.3 Å². The zero-order valence-corrected chi connectivity index (χ0v) is 12.9. The van der Waals surface area contributed by atoms with Crippen LogP contribution in [0, 0.1) is 0 Å². The Labute approximate surface area is 133 Å². The van der Waals surface area contributed by atoms with Crippen LogP contribution in [0.15, 0.2) is 48.8 Å². The fourth-order valence-corrected chi connectivity index (χ4v) is 2.54. The number of hydrogen-bond donors (Lipinski definition) is 0. The van der Waals surface area contributed by atoms with Gasteiger partial charge in [0, 0.05) is 23.2 Å². The van der Waals surface area contributed by atoms with Crippen LogP contribution in [0.4, 0.5) is 0 Å². The predicted molar refractivity (Wildman–Crippen MR) is 86.2 cm³/mol. The Morgan fingerprint density at radius 1 is 1.27 bits per heavy atom. The second-order valence-electron chi connectivity index (χ2n) is 4.90. The van der Waals surface area contributed by atoms with Gasteiger partial charge in [-0.3, -0.25) is 4.98 Å². The van der Waals surface area contributed by atoms with E-state index >= 15 is 0 Å². The van der Waals surface area contributed by atoms with E-state index in [4.69, 9.17) is 16.3 Å². The van der Waals surface area contributed by atoms with E-state index in [0.717, 1.165) is 16.5 Å². The first-order chi connectivity index (χ1) is 10.7. The van der Waals surface area contributed by atoms with Crippen LogP contribution in [0.3, 0.4) is 0 Å². The highest BCUT2D eigenvalue weighted by molar-refractivity contribution is 6.30. The van der Waals surface area contributed by atoms with Crippen LogP contribution in [0.2, 0.25) is 5.02 Å². The lowest BCUT2D eigenvalue weighted by atomic mass is 10.2. The molecule has 3 rings (SSSR count). The third-order valence-corrected chi connectivity index (χ3v) is 3.70. The van der Waals surface area contributed by atoms with Crippen molar-refractivity contribution in [1.82, 2.24) is 9.55 Å². The maximum absolute atomic E-state index is 12.2. The zero-order chi connectivity index (χ0) is 15.5. The molecule has 2 heterocycles. The number of fused-ring (bicyclic) bond motifs is 1. The smallest absolute Gasteiger partial charge is 0.354 e. The molecule has 0 saturated heterocycles. The first-order valence-corrected chi connectivity index (χ1v) is 7.41. The number of nitrogens with zero attached hydrogens (tertiary/aromatic N) is 2. The van der Waals surface area contributed by atoms with Crippen molar-refractivity contribution in [1.29, 1.82) is 0 Å². The molecule has 112 valence electrons. The van der Waals surface area contributed by atoms with Gasteiger partial charge in [-0.2, -0.15) is 0 Å². The number of aromatic nitrogens is 2. The Balaban J connectivity index is 2.07. The minimum atomic E-state index is -0.326. The number of pyridine rings is 1. The summed E-state index contributed by atoms with van der Waals surface area (Å²) in [5, 5.41) is 1.65. The normalized spacial score (nSPS) is 10.8. The van der Waals surface area contributed by atoms with Gasteiger partial charge >= 0.3 is 5.97 Å². The van der Waals surface area contributed by atoms with E-state index in [0.29, 0.717) is 23.9 Å². The third kappa shape index (κ3) is 2.83. The quantitative estimate of drug-likeness (QED) is 0.686. The lowest BCUT2D eigenvalue weighted by Gasteiger charge is -2.10. The molecule has 3 aromatic rings. The molecular formula is C17H15ClN2O2. The molecule has 0 spiro atoms. The molecule has 0 fully saturated rings. The molecule has 0 atom stereocenters. The lowest BCUT2D eigenvalue weighted by Crippen LogP contribution is -2.12. The van der Waals surface area contributed by atoms with Crippen LogP contribution in [0.5, 0.6) is 0 Å². The van der Waals surface area contributed by atoms with Crippen molar-refractivity contribution in [2.75, 3.05) is 6.61 Å². The summed E-state index contributed by atoms with van der Waals surface area (Å²) in [5.41, 5.74) is 2.48. The Morgan fingerprint density at radius 3 is 2.77 bits per heavy atom. The van der Waals surface area contributed by atoms with Crippen molar-refractivity contribution in [3.63, 3.8) is 0 Å². The molecule has 0 saturated carbocycles. The Hall–Kier alpha value is -2.33. The summed E-state index contributed by atoms with van der Waals surface area (Å²) in [6.45, 7) is 2.70. The molecule has 22 heavy (non-hydrogen) atoms. The van der Waals surface area contributed by atoms with E-state index in [9.17, 15) is 4.79 Å². The number of benzene rings is 1. The minimum Gasteiger partial charge on any atom is -0.461 e. The number of carbonyl (C=O) groups excluding carboxylic acids is 1. The average molecular weight is 315 g/mol. The maximum Gasteiger partial charge on any atom is 0.354 e. The Bertz CT molecular complexity index is 809.